The Labute approximate surface area is 79.5 Å². The third kappa shape index (κ3) is 54.5. The first-order valence-corrected chi connectivity index (χ1v) is 4.94. The van der Waals surface area contributed by atoms with Crippen molar-refractivity contribution in [2.75, 3.05) is 0 Å². The molecule has 0 atom stereocenters. The Morgan fingerprint density at radius 2 is 1.92 bits per heavy atom. The normalized spacial score (nSPS) is 7.00. The van der Waals surface area contributed by atoms with Gasteiger partial charge in [0.2, 0.25) is 0 Å². The molecule has 1 aromatic rings. The minimum atomic E-state index is -2.87. The van der Waals surface area contributed by atoms with Crippen molar-refractivity contribution >= 4 is 25.6 Å². The lowest BCUT2D eigenvalue weighted by Crippen LogP contribution is -1.78. The first-order chi connectivity index (χ1) is 5.96. The second-order valence-electron chi connectivity index (χ2n) is 1.45. The van der Waals surface area contributed by atoms with E-state index in [-0.39, 0.29) is 0 Å². The van der Waals surface area contributed by atoms with Gasteiger partial charge in [-0.05, 0) is 0 Å². The Morgan fingerprint density at radius 1 is 1.54 bits per heavy atom. The molecule has 0 bridgehead atoms. The van der Waals surface area contributed by atoms with E-state index in [0.29, 0.717) is 0 Å². The summed E-state index contributed by atoms with van der Waals surface area (Å²) in [6.07, 6.45) is 1.77. The maximum absolute atomic E-state index is 9.00. The van der Waals surface area contributed by atoms with Gasteiger partial charge in [0.25, 0.3) is 5.97 Å². The molecule has 0 unspecified atom stereocenters. The SMILES string of the molecule is CC(=O)O.O=[P+](O)O.c1cscn1. The number of hydrogen-bond acceptors (Lipinski definition) is 4. The largest absolute Gasteiger partial charge is 0.692 e. The number of aromatic nitrogens is 1. The summed E-state index contributed by atoms with van der Waals surface area (Å²) in [6, 6.07) is 0. The first kappa shape index (κ1) is 14.6. The van der Waals surface area contributed by atoms with Crippen LogP contribution in [0.3, 0.4) is 0 Å². The highest BCUT2D eigenvalue weighted by Gasteiger charge is 1.93. The Morgan fingerprint density at radius 3 is 2.00 bits per heavy atom. The van der Waals surface area contributed by atoms with Crippen molar-refractivity contribution in [3.63, 3.8) is 0 Å². The molecule has 0 aliphatic rings. The molecule has 1 heterocycles. The van der Waals surface area contributed by atoms with Crippen molar-refractivity contribution in [1.82, 2.24) is 4.98 Å². The van der Waals surface area contributed by atoms with Gasteiger partial charge in [-0.25, -0.2) is 0 Å². The summed E-state index contributed by atoms with van der Waals surface area (Å²) in [5, 5.41) is 9.35. The highest BCUT2D eigenvalue weighted by atomic mass is 32.1. The number of rotatable bonds is 0. The molecule has 0 saturated heterocycles. The molecule has 0 radical (unpaired) electrons. The monoisotopic (exact) mass is 226 g/mol. The maximum Gasteiger partial charge on any atom is 0.692 e. The Kier molecular flexibility index (Phi) is 12.5. The zero-order valence-electron chi connectivity index (χ0n) is 6.69. The maximum atomic E-state index is 9.00. The van der Waals surface area contributed by atoms with Crippen LogP contribution < -0.4 is 0 Å². The van der Waals surface area contributed by atoms with E-state index in [2.05, 4.69) is 4.98 Å². The van der Waals surface area contributed by atoms with E-state index in [1.807, 2.05) is 5.38 Å². The molecule has 0 spiro atoms. The second-order valence-corrected chi connectivity index (χ2v) is 2.71. The highest BCUT2D eigenvalue weighted by molar-refractivity contribution is 7.30. The number of carboxylic acids is 1. The minimum absolute atomic E-state index is 0.833. The van der Waals surface area contributed by atoms with E-state index in [9.17, 15) is 0 Å². The Balaban J connectivity index is 0. The molecule has 0 aliphatic carbocycles. The average Bonchev–Trinajstić information content (AvgIpc) is 2.35. The lowest BCUT2D eigenvalue weighted by molar-refractivity contribution is -0.134. The van der Waals surface area contributed by atoms with Gasteiger partial charge in [0, 0.05) is 23.1 Å². The predicted octanol–water partition coefficient (Wildman–Crippen LogP) is 0.862. The molecule has 0 aliphatic heterocycles. The average molecular weight is 226 g/mol. The fraction of sp³-hybridized carbons (Fsp3) is 0.200. The molecular formula is C5H9NO5PS+. The second kappa shape index (κ2) is 11.1. The van der Waals surface area contributed by atoms with Crippen LogP contribution in [0.5, 0.6) is 0 Å². The number of carboxylic acid groups (broad SMARTS) is 1. The lowest BCUT2D eigenvalue weighted by atomic mass is 10.9. The van der Waals surface area contributed by atoms with Gasteiger partial charge in [0.1, 0.15) is 0 Å². The zero-order valence-corrected chi connectivity index (χ0v) is 8.40. The van der Waals surface area contributed by atoms with Crippen LogP contribution in [0.2, 0.25) is 0 Å². The molecule has 1 rings (SSSR count). The van der Waals surface area contributed by atoms with Crippen LogP contribution in [0.25, 0.3) is 0 Å². The van der Waals surface area contributed by atoms with Crippen molar-refractivity contribution in [1.29, 1.82) is 0 Å². The number of thiazole rings is 1. The molecule has 0 saturated carbocycles. The summed E-state index contributed by atoms with van der Waals surface area (Å²) in [4.78, 5) is 27.0. The summed E-state index contributed by atoms with van der Waals surface area (Å²) < 4.78 is 8.70. The van der Waals surface area contributed by atoms with Crippen molar-refractivity contribution in [2.24, 2.45) is 0 Å². The first-order valence-electron chi connectivity index (χ1n) is 2.83. The third-order valence-corrected chi connectivity index (χ3v) is 0.869. The van der Waals surface area contributed by atoms with Gasteiger partial charge in [-0.1, -0.05) is 0 Å². The molecule has 1 aromatic heterocycles. The van der Waals surface area contributed by atoms with Gasteiger partial charge >= 0.3 is 8.25 Å². The van der Waals surface area contributed by atoms with Crippen molar-refractivity contribution in [3.05, 3.63) is 17.1 Å². The molecule has 13 heavy (non-hydrogen) atoms. The molecular weight excluding hydrogens is 217 g/mol. The molecule has 0 aromatic carbocycles. The van der Waals surface area contributed by atoms with Crippen molar-refractivity contribution < 1.29 is 24.3 Å². The number of nitrogens with zero attached hydrogens (tertiary/aromatic N) is 1. The van der Waals surface area contributed by atoms with Crippen LogP contribution in [-0.4, -0.2) is 25.8 Å². The summed E-state index contributed by atoms with van der Waals surface area (Å²) in [6.45, 7) is 1.08. The molecule has 74 valence electrons. The third-order valence-electron chi connectivity index (χ3n) is 0.347. The van der Waals surface area contributed by atoms with Crippen LogP contribution in [0.15, 0.2) is 17.1 Å². The predicted molar refractivity (Wildman–Crippen MR) is 47.5 cm³/mol. The van der Waals surface area contributed by atoms with Crippen molar-refractivity contribution in [3.8, 4) is 0 Å². The van der Waals surface area contributed by atoms with E-state index in [1.165, 1.54) is 0 Å². The molecule has 3 N–H and O–H groups in total. The summed E-state index contributed by atoms with van der Waals surface area (Å²) in [5.41, 5.74) is 1.79. The molecule has 6 nitrogen and oxygen atoms in total. The van der Waals surface area contributed by atoms with Gasteiger partial charge in [-0.2, -0.15) is 0 Å². The van der Waals surface area contributed by atoms with Crippen LogP contribution in [0.1, 0.15) is 6.92 Å². The van der Waals surface area contributed by atoms with E-state index in [0.717, 1.165) is 6.92 Å². The lowest BCUT2D eigenvalue weighted by Gasteiger charge is -1.59. The highest BCUT2D eigenvalue weighted by Crippen LogP contribution is 1.98. The number of hydrogen-bond donors (Lipinski definition) is 3. The van der Waals surface area contributed by atoms with Crippen LogP contribution in [-0.2, 0) is 9.36 Å². The topological polar surface area (TPSA) is 108 Å². The van der Waals surface area contributed by atoms with E-state index in [1.54, 1.807) is 23.0 Å². The van der Waals surface area contributed by atoms with Gasteiger partial charge in [-0.15, -0.1) is 21.1 Å². The quantitative estimate of drug-likeness (QED) is 0.566. The van der Waals surface area contributed by atoms with Gasteiger partial charge < -0.3 is 5.11 Å². The summed E-state index contributed by atoms with van der Waals surface area (Å²) >= 11 is 1.60. The van der Waals surface area contributed by atoms with Crippen LogP contribution in [0.4, 0.5) is 0 Å². The Hall–Kier alpha value is -0.880. The molecule has 0 fully saturated rings. The Bertz CT molecular complexity index is 190. The summed E-state index contributed by atoms with van der Waals surface area (Å²) in [7, 11) is -2.87. The smallest absolute Gasteiger partial charge is 0.481 e. The van der Waals surface area contributed by atoms with Crippen LogP contribution >= 0.6 is 19.6 Å². The minimum Gasteiger partial charge on any atom is -0.481 e. The molecule has 0 amide bonds. The van der Waals surface area contributed by atoms with Gasteiger partial charge in [0.15, 0.2) is 0 Å². The van der Waals surface area contributed by atoms with E-state index >= 15 is 0 Å². The van der Waals surface area contributed by atoms with Gasteiger partial charge in [0.05, 0.1) is 5.51 Å². The van der Waals surface area contributed by atoms with E-state index in [4.69, 9.17) is 24.3 Å². The standard InChI is InChI=1S/C3H3NS.C2H4O2.HO3P/c1-2-5-3-4-1;1-2(3)4;1-4(2)3/h1-3H;1H3,(H,3,4);(H-,1,2,3)/p+1. The van der Waals surface area contributed by atoms with E-state index < -0.39 is 14.2 Å². The molecule has 8 heteroatoms. The number of carbonyl (C=O) groups is 1. The fourth-order valence-electron chi connectivity index (χ4n) is 0.176. The van der Waals surface area contributed by atoms with Gasteiger partial charge in [-0.3, -0.25) is 9.78 Å². The number of aliphatic carboxylic acids is 1. The van der Waals surface area contributed by atoms with Crippen molar-refractivity contribution in [2.45, 2.75) is 6.92 Å². The zero-order chi connectivity index (χ0) is 10.7. The fourth-order valence-corrected chi connectivity index (χ4v) is 0.527. The summed E-state index contributed by atoms with van der Waals surface area (Å²) in [5.74, 6) is -0.833. The van der Waals surface area contributed by atoms with Crippen LogP contribution in [0, 0.1) is 0 Å².